The number of nitrogens with two attached hydrogens (primary N) is 1. The van der Waals surface area contributed by atoms with Gasteiger partial charge in [0, 0.05) is 6.54 Å². The van der Waals surface area contributed by atoms with Gasteiger partial charge in [-0.15, -0.1) is 0 Å². The molecule has 0 radical (unpaired) electrons. The first-order chi connectivity index (χ1) is 6.09. The predicted octanol–water partition coefficient (Wildman–Crippen LogP) is 2.36. The maximum absolute atomic E-state index is 5.47. The highest BCUT2D eigenvalue weighted by atomic mass is 14.8. The summed E-state index contributed by atoms with van der Waals surface area (Å²) >= 11 is 0. The Balaban J connectivity index is 2.36. The SMILES string of the molecule is CC(N)=NCC(C)/C=C1/CCC1C. The second kappa shape index (κ2) is 4.45. The van der Waals surface area contributed by atoms with Gasteiger partial charge in [-0.2, -0.15) is 0 Å². The lowest BCUT2D eigenvalue weighted by atomic mass is 9.79. The molecular weight excluding hydrogens is 160 g/mol. The van der Waals surface area contributed by atoms with Crippen molar-refractivity contribution in [3.05, 3.63) is 11.6 Å². The smallest absolute Gasteiger partial charge is 0.0905 e. The quantitative estimate of drug-likeness (QED) is 0.404. The van der Waals surface area contributed by atoms with Crippen LogP contribution in [-0.2, 0) is 0 Å². The van der Waals surface area contributed by atoms with Crippen molar-refractivity contribution in [3.63, 3.8) is 0 Å². The molecule has 74 valence electrons. The van der Waals surface area contributed by atoms with Crippen LogP contribution in [0.5, 0.6) is 0 Å². The van der Waals surface area contributed by atoms with E-state index >= 15 is 0 Å². The Morgan fingerprint density at radius 3 is 2.85 bits per heavy atom. The van der Waals surface area contributed by atoms with E-state index < -0.39 is 0 Å². The number of allylic oxidation sites excluding steroid dienone is 1. The van der Waals surface area contributed by atoms with Gasteiger partial charge >= 0.3 is 0 Å². The fraction of sp³-hybridized carbons (Fsp3) is 0.727. The summed E-state index contributed by atoms with van der Waals surface area (Å²) in [4.78, 5) is 4.21. The third kappa shape index (κ3) is 3.21. The van der Waals surface area contributed by atoms with Gasteiger partial charge in [-0.1, -0.05) is 25.5 Å². The maximum Gasteiger partial charge on any atom is 0.0905 e. The molecule has 2 unspecified atom stereocenters. The summed E-state index contributed by atoms with van der Waals surface area (Å²) in [6.45, 7) is 7.16. The molecule has 0 aromatic heterocycles. The zero-order valence-corrected chi connectivity index (χ0v) is 8.88. The number of hydrogen-bond acceptors (Lipinski definition) is 1. The van der Waals surface area contributed by atoms with E-state index in [1.807, 2.05) is 6.92 Å². The second-order valence-electron chi connectivity index (χ2n) is 4.14. The molecule has 0 saturated heterocycles. The Hall–Kier alpha value is -0.790. The molecular formula is C11H20N2. The average Bonchev–Trinajstić information content (AvgIpc) is 2.08. The van der Waals surface area contributed by atoms with E-state index in [4.69, 9.17) is 5.73 Å². The molecule has 1 rings (SSSR count). The summed E-state index contributed by atoms with van der Waals surface area (Å²) in [5.41, 5.74) is 7.08. The van der Waals surface area contributed by atoms with E-state index in [0.717, 1.165) is 12.5 Å². The predicted molar refractivity (Wildman–Crippen MR) is 57.8 cm³/mol. The Bertz CT molecular complexity index is 224. The van der Waals surface area contributed by atoms with Crippen LogP contribution in [0.1, 0.15) is 33.6 Å². The second-order valence-corrected chi connectivity index (χ2v) is 4.14. The summed E-state index contributed by atoms with van der Waals surface area (Å²) in [7, 11) is 0. The third-order valence-electron chi connectivity index (χ3n) is 2.63. The van der Waals surface area contributed by atoms with Crippen LogP contribution < -0.4 is 5.73 Å². The fourth-order valence-electron chi connectivity index (χ4n) is 1.55. The van der Waals surface area contributed by atoms with Gasteiger partial charge in [0.05, 0.1) is 5.84 Å². The van der Waals surface area contributed by atoms with Crippen molar-refractivity contribution in [1.82, 2.24) is 0 Å². The Kier molecular flexibility index (Phi) is 3.52. The van der Waals surface area contributed by atoms with Gasteiger partial charge in [0.1, 0.15) is 0 Å². The molecule has 2 atom stereocenters. The van der Waals surface area contributed by atoms with Crippen LogP contribution in [0.4, 0.5) is 0 Å². The summed E-state index contributed by atoms with van der Waals surface area (Å²) in [6, 6.07) is 0. The van der Waals surface area contributed by atoms with Crippen LogP contribution in [0.3, 0.4) is 0 Å². The molecule has 0 amide bonds. The molecule has 2 heteroatoms. The van der Waals surface area contributed by atoms with Crippen LogP contribution >= 0.6 is 0 Å². The van der Waals surface area contributed by atoms with Crippen LogP contribution in [0.15, 0.2) is 16.6 Å². The lowest BCUT2D eigenvalue weighted by Crippen LogP contribution is -2.14. The molecule has 2 N–H and O–H groups in total. The molecule has 1 aliphatic rings. The zero-order chi connectivity index (χ0) is 9.84. The Labute approximate surface area is 80.9 Å². The van der Waals surface area contributed by atoms with Crippen LogP contribution in [-0.4, -0.2) is 12.4 Å². The summed E-state index contributed by atoms with van der Waals surface area (Å²) in [5.74, 6) is 2.04. The number of hydrogen-bond donors (Lipinski definition) is 1. The molecule has 1 saturated carbocycles. The van der Waals surface area contributed by atoms with Gasteiger partial charge in [0.25, 0.3) is 0 Å². The molecule has 2 nitrogen and oxygen atoms in total. The first-order valence-electron chi connectivity index (χ1n) is 5.06. The van der Waals surface area contributed by atoms with Gasteiger partial charge in [0.2, 0.25) is 0 Å². The summed E-state index contributed by atoms with van der Waals surface area (Å²) in [6.07, 6.45) is 5.01. The van der Waals surface area contributed by atoms with Crippen molar-refractivity contribution in [1.29, 1.82) is 0 Å². The van der Waals surface area contributed by atoms with E-state index in [2.05, 4.69) is 24.9 Å². The monoisotopic (exact) mass is 180 g/mol. The van der Waals surface area contributed by atoms with Crippen molar-refractivity contribution in [2.24, 2.45) is 22.6 Å². The van der Waals surface area contributed by atoms with Crippen molar-refractivity contribution < 1.29 is 0 Å². The highest BCUT2D eigenvalue weighted by molar-refractivity contribution is 5.77. The topological polar surface area (TPSA) is 38.4 Å². The van der Waals surface area contributed by atoms with Crippen molar-refractivity contribution in [2.45, 2.75) is 33.6 Å². The van der Waals surface area contributed by atoms with Crippen LogP contribution in [0.25, 0.3) is 0 Å². The van der Waals surface area contributed by atoms with Gasteiger partial charge in [-0.05, 0) is 31.6 Å². The van der Waals surface area contributed by atoms with Gasteiger partial charge in [-0.25, -0.2) is 0 Å². The van der Waals surface area contributed by atoms with E-state index in [-0.39, 0.29) is 0 Å². The van der Waals surface area contributed by atoms with Gasteiger partial charge in [0.15, 0.2) is 0 Å². The zero-order valence-electron chi connectivity index (χ0n) is 8.88. The molecule has 0 bridgehead atoms. The summed E-state index contributed by atoms with van der Waals surface area (Å²) in [5, 5.41) is 0. The van der Waals surface area contributed by atoms with E-state index in [0.29, 0.717) is 11.8 Å². The molecule has 13 heavy (non-hydrogen) atoms. The largest absolute Gasteiger partial charge is 0.388 e. The van der Waals surface area contributed by atoms with Crippen molar-refractivity contribution in [2.75, 3.05) is 6.54 Å². The molecule has 0 heterocycles. The molecule has 0 aliphatic heterocycles. The van der Waals surface area contributed by atoms with Crippen molar-refractivity contribution in [3.8, 4) is 0 Å². The highest BCUT2D eigenvalue weighted by Crippen LogP contribution is 2.33. The third-order valence-corrected chi connectivity index (χ3v) is 2.63. The van der Waals surface area contributed by atoms with Crippen molar-refractivity contribution >= 4 is 5.84 Å². The first kappa shape index (κ1) is 10.3. The minimum absolute atomic E-state index is 0.538. The van der Waals surface area contributed by atoms with Gasteiger partial charge < -0.3 is 5.73 Å². The molecule has 1 fully saturated rings. The van der Waals surface area contributed by atoms with E-state index in [1.165, 1.54) is 12.8 Å². The number of rotatable bonds is 3. The normalized spacial score (nSPS) is 28.7. The van der Waals surface area contributed by atoms with E-state index in [1.54, 1.807) is 5.57 Å². The Morgan fingerprint density at radius 1 is 1.77 bits per heavy atom. The van der Waals surface area contributed by atoms with E-state index in [9.17, 15) is 0 Å². The molecule has 0 aromatic carbocycles. The molecule has 0 aromatic rings. The fourth-order valence-corrected chi connectivity index (χ4v) is 1.55. The standard InChI is InChI=1S/C11H20N2/c1-8(7-13-10(3)12)6-11-5-4-9(11)2/h6,8-9H,4-5,7H2,1-3H3,(H2,12,13)/b11-6-. The van der Waals surface area contributed by atoms with Crippen LogP contribution in [0.2, 0.25) is 0 Å². The van der Waals surface area contributed by atoms with Crippen LogP contribution in [0, 0.1) is 11.8 Å². The first-order valence-corrected chi connectivity index (χ1v) is 5.06. The number of nitrogens with zero attached hydrogens (tertiary/aromatic N) is 1. The highest BCUT2D eigenvalue weighted by Gasteiger charge is 2.19. The number of aliphatic imine (C=N–C) groups is 1. The minimum atomic E-state index is 0.538. The molecule has 1 aliphatic carbocycles. The minimum Gasteiger partial charge on any atom is -0.388 e. The van der Waals surface area contributed by atoms with Gasteiger partial charge in [-0.3, -0.25) is 4.99 Å². The lowest BCUT2D eigenvalue weighted by Gasteiger charge is -2.27. The maximum atomic E-state index is 5.47. The number of amidine groups is 1. The lowest BCUT2D eigenvalue weighted by molar-refractivity contribution is 0.473. The summed E-state index contributed by atoms with van der Waals surface area (Å²) < 4.78 is 0. The average molecular weight is 180 g/mol. The molecule has 0 spiro atoms. The Morgan fingerprint density at radius 2 is 2.46 bits per heavy atom.